The number of halogens is 2. The lowest BCUT2D eigenvalue weighted by molar-refractivity contribution is 0.153. The first-order chi connectivity index (χ1) is 12.4. The van der Waals surface area contributed by atoms with E-state index in [1.165, 1.54) is 13.2 Å². The van der Waals surface area contributed by atoms with Crippen molar-refractivity contribution in [2.75, 3.05) is 14.2 Å². The van der Waals surface area contributed by atoms with Gasteiger partial charge in [0, 0.05) is 17.2 Å². The summed E-state index contributed by atoms with van der Waals surface area (Å²) in [4.78, 5) is 4.63. The lowest BCUT2D eigenvalue weighted by Gasteiger charge is -2.12. The fraction of sp³-hybridized carbons (Fsp3) is 0.368. The van der Waals surface area contributed by atoms with Crippen molar-refractivity contribution in [2.45, 2.75) is 33.2 Å². The number of rotatable bonds is 5. The van der Waals surface area contributed by atoms with Crippen LogP contribution in [0.1, 0.15) is 37.6 Å². The third-order valence-corrected chi connectivity index (χ3v) is 4.27. The highest BCUT2D eigenvalue weighted by atomic mass is 19.3. The zero-order chi connectivity index (χ0) is 19.0. The Morgan fingerprint density at radius 3 is 2.31 bits per heavy atom. The maximum Gasteiger partial charge on any atom is 0.264 e. The van der Waals surface area contributed by atoms with E-state index in [1.54, 1.807) is 36.9 Å². The predicted octanol–water partition coefficient (Wildman–Crippen LogP) is 4.94. The first-order valence-electron chi connectivity index (χ1n) is 8.27. The Kier molecular flexibility index (Phi) is 4.80. The Balaban J connectivity index is 2.29. The van der Waals surface area contributed by atoms with E-state index in [4.69, 9.17) is 9.47 Å². The van der Waals surface area contributed by atoms with E-state index in [0.29, 0.717) is 39.5 Å². The van der Waals surface area contributed by atoms with Gasteiger partial charge in [-0.15, -0.1) is 0 Å². The van der Waals surface area contributed by atoms with Gasteiger partial charge >= 0.3 is 0 Å². The Morgan fingerprint density at radius 2 is 1.73 bits per heavy atom. The summed E-state index contributed by atoms with van der Waals surface area (Å²) in [7, 11) is 3.07. The second-order valence-corrected chi connectivity index (χ2v) is 6.29. The molecule has 26 heavy (non-hydrogen) atoms. The second kappa shape index (κ2) is 6.90. The number of pyridine rings is 1. The van der Waals surface area contributed by atoms with Crippen LogP contribution in [0.2, 0.25) is 0 Å². The highest BCUT2D eigenvalue weighted by Crippen LogP contribution is 2.36. The van der Waals surface area contributed by atoms with Gasteiger partial charge in [0.05, 0.1) is 31.0 Å². The number of aromatic nitrogens is 3. The molecule has 138 valence electrons. The average Bonchev–Trinajstić information content (AvgIpc) is 2.97. The van der Waals surface area contributed by atoms with Crippen molar-refractivity contribution in [1.29, 1.82) is 0 Å². The molecular weight excluding hydrogens is 340 g/mol. The molecule has 0 atom stereocenters. The number of fused-ring (bicyclic) bond motifs is 1. The molecule has 0 saturated heterocycles. The Hall–Kier alpha value is -2.70. The van der Waals surface area contributed by atoms with Gasteiger partial charge in [-0.3, -0.25) is 0 Å². The van der Waals surface area contributed by atoms with Crippen LogP contribution in [-0.4, -0.2) is 29.0 Å². The molecule has 0 unspecified atom stereocenters. The largest absolute Gasteiger partial charge is 0.493 e. The number of ether oxygens (including phenoxy) is 2. The van der Waals surface area contributed by atoms with Crippen molar-refractivity contribution >= 4 is 11.0 Å². The number of nitrogens with zero attached hydrogens (tertiary/aromatic N) is 3. The van der Waals surface area contributed by atoms with Gasteiger partial charge in [-0.2, -0.15) is 5.10 Å². The van der Waals surface area contributed by atoms with Crippen molar-refractivity contribution in [2.24, 2.45) is 0 Å². The summed E-state index contributed by atoms with van der Waals surface area (Å²) in [6, 6.07) is 6.66. The lowest BCUT2D eigenvalue weighted by Crippen LogP contribution is -2.04. The van der Waals surface area contributed by atoms with Crippen LogP contribution < -0.4 is 9.47 Å². The smallest absolute Gasteiger partial charge is 0.264 e. The molecule has 7 heteroatoms. The minimum atomic E-state index is -2.62. The minimum absolute atomic E-state index is 0.00451. The van der Waals surface area contributed by atoms with Crippen LogP contribution in [-0.2, 0) is 0 Å². The van der Waals surface area contributed by atoms with Crippen LogP contribution >= 0.6 is 0 Å². The normalized spacial score (nSPS) is 11.6. The van der Waals surface area contributed by atoms with Crippen LogP contribution in [0, 0.1) is 6.92 Å². The fourth-order valence-electron chi connectivity index (χ4n) is 3.02. The number of alkyl halides is 2. The van der Waals surface area contributed by atoms with Gasteiger partial charge in [-0.25, -0.2) is 18.4 Å². The quantitative estimate of drug-likeness (QED) is 0.646. The van der Waals surface area contributed by atoms with E-state index in [1.807, 2.05) is 13.8 Å². The van der Waals surface area contributed by atoms with Gasteiger partial charge < -0.3 is 9.47 Å². The fourth-order valence-corrected chi connectivity index (χ4v) is 3.02. The molecule has 0 spiro atoms. The summed E-state index contributed by atoms with van der Waals surface area (Å²) in [5.41, 5.74) is 2.05. The summed E-state index contributed by atoms with van der Waals surface area (Å²) in [5.74, 6) is 1.08. The monoisotopic (exact) mass is 361 g/mol. The molecule has 0 aliphatic carbocycles. The first kappa shape index (κ1) is 18.1. The second-order valence-electron chi connectivity index (χ2n) is 6.29. The van der Waals surface area contributed by atoms with Crippen LogP contribution in [0.5, 0.6) is 11.5 Å². The van der Waals surface area contributed by atoms with E-state index in [0.717, 1.165) is 0 Å². The molecule has 0 amide bonds. The highest BCUT2D eigenvalue weighted by molar-refractivity contribution is 5.85. The molecule has 0 saturated carbocycles. The van der Waals surface area contributed by atoms with Gasteiger partial charge in [0.2, 0.25) is 0 Å². The highest BCUT2D eigenvalue weighted by Gasteiger charge is 2.22. The predicted molar refractivity (Wildman–Crippen MR) is 96.1 cm³/mol. The molecule has 2 heterocycles. The molecular formula is C19H21F2N3O2. The summed E-state index contributed by atoms with van der Waals surface area (Å²) >= 11 is 0. The zero-order valence-corrected chi connectivity index (χ0v) is 15.4. The van der Waals surface area contributed by atoms with Gasteiger partial charge in [0.25, 0.3) is 6.43 Å². The van der Waals surface area contributed by atoms with Crippen molar-refractivity contribution in [1.82, 2.24) is 14.8 Å². The van der Waals surface area contributed by atoms with E-state index >= 15 is 0 Å². The first-order valence-corrected chi connectivity index (χ1v) is 8.27. The van der Waals surface area contributed by atoms with Crippen LogP contribution in [0.25, 0.3) is 22.3 Å². The summed E-state index contributed by atoms with van der Waals surface area (Å²) in [5, 5.41) is 4.82. The van der Waals surface area contributed by atoms with Crippen molar-refractivity contribution in [3.8, 4) is 22.8 Å². The molecule has 3 aromatic rings. The lowest BCUT2D eigenvalue weighted by atomic mass is 10.1. The number of benzene rings is 1. The Labute approximate surface area is 150 Å². The number of hydrogen-bond donors (Lipinski definition) is 0. The van der Waals surface area contributed by atoms with Crippen LogP contribution in [0.3, 0.4) is 0 Å². The van der Waals surface area contributed by atoms with E-state index in [-0.39, 0.29) is 11.6 Å². The summed E-state index contributed by atoms with van der Waals surface area (Å²) < 4.78 is 39.7. The van der Waals surface area contributed by atoms with Crippen molar-refractivity contribution in [3.05, 3.63) is 35.5 Å². The maximum atomic E-state index is 13.7. The number of methoxy groups -OCH3 is 2. The average molecular weight is 361 g/mol. The van der Waals surface area contributed by atoms with Gasteiger partial charge in [-0.1, -0.05) is 0 Å². The SMILES string of the molecule is COc1ccc(-c2cc(C(F)F)c3c(C)nn(C(C)C)c3n2)cc1OC. The minimum Gasteiger partial charge on any atom is -0.493 e. The van der Waals surface area contributed by atoms with E-state index < -0.39 is 6.43 Å². The molecule has 2 aromatic heterocycles. The van der Waals surface area contributed by atoms with Gasteiger partial charge in [-0.05, 0) is 45.0 Å². The molecule has 0 aliphatic heterocycles. The van der Waals surface area contributed by atoms with Gasteiger partial charge in [0.15, 0.2) is 17.1 Å². The van der Waals surface area contributed by atoms with E-state index in [2.05, 4.69) is 10.1 Å². The molecule has 0 aliphatic rings. The third kappa shape index (κ3) is 2.98. The summed E-state index contributed by atoms with van der Waals surface area (Å²) in [6.45, 7) is 5.61. The third-order valence-electron chi connectivity index (χ3n) is 4.27. The Morgan fingerprint density at radius 1 is 1.04 bits per heavy atom. The molecule has 0 N–H and O–H groups in total. The molecule has 3 rings (SSSR count). The molecule has 0 fully saturated rings. The zero-order valence-electron chi connectivity index (χ0n) is 15.4. The van der Waals surface area contributed by atoms with Crippen LogP contribution in [0.4, 0.5) is 8.78 Å². The summed E-state index contributed by atoms with van der Waals surface area (Å²) in [6.07, 6.45) is -2.62. The molecule has 1 aromatic carbocycles. The van der Waals surface area contributed by atoms with Crippen molar-refractivity contribution < 1.29 is 18.3 Å². The molecule has 0 radical (unpaired) electrons. The Bertz CT molecular complexity index is 952. The van der Waals surface area contributed by atoms with Crippen molar-refractivity contribution in [3.63, 3.8) is 0 Å². The van der Waals surface area contributed by atoms with E-state index in [9.17, 15) is 8.78 Å². The topological polar surface area (TPSA) is 49.2 Å². The van der Waals surface area contributed by atoms with Gasteiger partial charge in [0.1, 0.15) is 0 Å². The van der Waals surface area contributed by atoms with Crippen LogP contribution in [0.15, 0.2) is 24.3 Å². The standard InChI is InChI=1S/C19H21F2N3O2/c1-10(2)24-19-17(11(3)23-24)13(18(20)21)9-14(22-19)12-6-7-15(25-4)16(8-12)26-5/h6-10,18H,1-5H3. The number of aryl methyl sites for hydroxylation is 1. The molecule has 5 nitrogen and oxygen atoms in total. The molecule has 0 bridgehead atoms. The maximum absolute atomic E-state index is 13.7. The number of hydrogen-bond acceptors (Lipinski definition) is 4.